The molecule has 5 nitrogen and oxygen atoms in total. The van der Waals surface area contributed by atoms with Crippen LogP contribution in [0.4, 0.5) is 5.69 Å². The number of nitrogens with zero attached hydrogens (tertiary/aromatic N) is 2. The molecule has 2 saturated carbocycles. The van der Waals surface area contributed by atoms with E-state index in [0.29, 0.717) is 29.1 Å². The molecule has 0 aromatic heterocycles. The van der Waals surface area contributed by atoms with Crippen molar-refractivity contribution < 1.29 is 9.59 Å². The first kappa shape index (κ1) is 18.8. The SMILES string of the molecule is O=C(CN1CCN(C(=O)CC(C2CC2)C2CC2)CC1)Nc1ccccc1Cl. The van der Waals surface area contributed by atoms with Crippen molar-refractivity contribution in [2.45, 2.75) is 32.1 Å². The first-order valence-electron chi connectivity index (χ1n) is 10.1. The molecule has 4 rings (SSSR count). The van der Waals surface area contributed by atoms with Crippen LogP contribution in [0.2, 0.25) is 5.02 Å². The minimum Gasteiger partial charge on any atom is -0.340 e. The van der Waals surface area contributed by atoms with Crippen LogP contribution in [0, 0.1) is 17.8 Å². The molecule has 1 aliphatic heterocycles. The second-order valence-electron chi connectivity index (χ2n) is 8.23. The zero-order valence-corrected chi connectivity index (χ0v) is 16.5. The quantitative estimate of drug-likeness (QED) is 0.778. The Labute approximate surface area is 166 Å². The van der Waals surface area contributed by atoms with Crippen molar-refractivity contribution in [2.24, 2.45) is 17.8 Å². The van der Waals surface area contributed by atoms with Crippen molar-refractivity contribution in [3.05, 3.63) is 29.3 Å². The first-order chi connectivity index (χ1) is 13.1. The molecule has 0 spiro atoms. The predicted octanol–water partition coefficient (Wildman–Crippen LogP) is 3.25. The molecule has 0 unspecified atom stereocenters. The lowest BCUT2D eigenvalue weighted by Gasteiger charge is -2.35. The Morgan fingerprint density at radius 1 is 1.04 bits per heavy atom. The Morgan fingerprint density at radius 3 is 2.26 bits per heavy atom. The van der Waals surface area contributed by atoms with E-state index >= 15 is 0 Å². The van der Waals surface area contributed by atoms with Gasteiger partial charge in [-0.15, -0.1) is 0 Å². The van der Waals surface area contributed by atoms with Crippen LogP contribution in [-0.4, -0.2) is 54.3 Å². The normalized spacial score (nSPS) is 20.7. The van der Waals surface area contributed by atoms with Crippen molar-refractivity contribution >= 4 is 29.1 Å². The molecule has 0 bridgehead atoms. The second kappa shape index (κ2) is 8.19. The molecular weight excluding hydrogens is 362 g/mol. The fourth-order valence-corrected chi connectivity index (χ4v) is 4.39. The molecule has 146 valence electrons. The number of para-hydroxylation sites is 1. The number of hydrogen-bond acceptors (Lipinski definition) is 3. The Morgan fingerprint density at radius 2 is 1.67 bits per heavy atom. The summed E-state index contributed by atoms with van der Waals surface area (Å²) in [4.78, 5) is 29.1. The van der Waals surface area contributed by atoms with Crippen molar-refractivity contribution in [1.29, 1.82) is 0 Å². The maximum atomic E-state index is 12.7. The molecule has 0 atom stereocenters. The van der Waals surface area contributed by atoms with Crippen LogP contribution in [0.15, 0.2) is 24.3 Å². The summed E-state index contributed by atoms with van der Waals surface area (Å²) in [6.07, 6.45) is 6.03. The van der Waals surface area contributed by atoms with Crippen molar-refractivity contribution in [3.8, 4) is 0 Å². The van der Waals surface area contributed by atoms with E-state index in [4.69, 9.17) is 11.6 Å². The summed E-state index contributed by atoms with van der Waals surface area (Å²) < 4.78 is 0. The minimum atomic E-state index is -0.0644. The standard InChI is InChI=1S/C21H28ClN3O2/c22-18-3-1-2-4-19(18)23-20(26)14-24-9-11-25(12-10-24)21(27)13-17(15-5-6-15)16-7-8-16/h1-4,15-17H,5-14H2,(H,23,26). The highest BCUT2D eigenvalue weighted by Crippen LogP contribution is 2.50. The van der Waals surface area contributed by atoms with E-state index in [9.17, 15) is 9.59 Å². The molecule has 1 saturated heterocycles. The number of rotatable bonds is 7. The number of amides is 2. The molecular formula is C21H28ClN3O2. The molecule has 2 aliphatic carbocycles. The second-order valence-corrected chi connectivity index (χ2v) is 8.63. The topological polar surface area (TPSA) is 52.7 Å². The molecule has 1 aromatic carbocycles. The van der Waals surface area contributed by atoms with Crippen LogP contribution in [0.3, 0.4) is 0 Å². The molecule has 2 amide bonds. The van der Waals surface area contributed by atoms with Crippen LogP contribution in [0.5, 0.6) is 0 Å². The lowest BCUT2D eigenvalue weighted by Crippen LogP contribution is -2.50. The summed E-state index contributed by atoms with van der Waals surface area (Å²) in [5, 5.41) is 3.41. The van der Waals surface area contributed by atoms with Gasteiger partial charge in [0.1, 0.15) is 0 Å². The van der Waals surface area contributed by atoms with Crippen molar-refractivity contribution in [1.82, 2.24) is 9.80 Å². The number of nitrogens with one attached hydrogen (secondary N) is 1. The fourth-order valence-electron chi connectivity index (χ4n) is 4.21. The Hall–Kier alpha value is -1.59. The van der Waals surface area contributed by atoms with Gasteiger partial charge in [-0.05, 0) is 55.6 Å². The van der Waals surface area contributed by atoms with E-state index in [0.717, 1.165) is 44.4 Å². The lowest BCUT2D eigenvalue weighted by atomic mass is 9.93. The van der Waals surface area contributed by atoms with E-state index < -0.39 is 0 Å². The van der Waals surface area contributed by atoms with Crippen LogP contribution in [-0.2, 0) is 9.59 Å². The summed E-state index contributed by atoms with van der Waals surface area (Å²) in [7, 11) is 0. The highest BCUT2D eigenvalue weighted by molar-refractivity contribution is 6.33. The summed E-state index contributed by atoms with van der Waals surface area (Å²) in [6, 6.07) is 7.25. The van der Waals surface area contributed by atoms with Gasteiger partial charge in [0, 0.05) is 32.6 Å². The third-order valence-electron chi connectivity index (χ3n) is 6.11. The molecule has 1 aromatic rings. The zero-order chi connectivity index (χ0) is 18.8. The van der Waals surface area contributed by atoms with E-state index in [1.165, 1.54) is 25.7 Å². The number of anilines is 1. The number of benzene rings is 1. The third-order valence-corrected chi connectivity index (χ3v) is 6.44. The number of carbonyl (C=O) groups excluding carboxylic acids is 2. The van der Waals surface area contributed by atoms with Gasteiger partial charge in [-0.25, -0.2) is 0 Å². The van der Waals surface area contributed by atoms with E-state index in [2.05, 4.69) is 10.2 Å². The molecule has 3 fully saturated rings. The Balaban J connectivity index is 1.21. The molecule has 3 aliphatic rings. The number of piperazine rings is 1. The molecule has 6 heteroatoms. The molecule has 27 heavy (non-hydrogen) atoms. The highest BCUT2D eigenvalue weighted by atomic mass is 35.5. The predicted molar refractivity (Wildman–Crippen MR) is 107 cm³/mol. The largest absolute Gasteiger partial charge is 0.340 e. The summed E-state index contributed by atoms with van der Waals surface area (Å²) in [5.74, 6) is 2.52. The summed E-state index contributed by atoms with van der Waals surface area (Å²) in [5.41, 5.74) is 0.643. The van der Waals surface area contributed by atoms with Crippen molar-refractivity contribution in [2.75, 3.05) is 38.0 Å². The number of halogens is 1. The van der Waals surface area contributed by atoms with Gasteiger partial charge in [0.05, 0.1) is 17.3 Å². The Kier molecular flexibility index (Phi) is 5.69. The fraction of sp³-hybridized carbons (Fsp3) is 0.619. The van der Waals surface area contributed by atoms with E-state index in [1.807, 2.05) is 17.0 Å². The van der Waals surface area contributed by atoms with Crippen LogP contribution >= 0.6 is 11.6 Å². The van der Waals surface area contributed by atoms with Gasteiger partial charge in [-0.3, -0.25) is 14.5 Å². The van der Waals surface area contributed by atoms with Gasteiger partial charge in [0.25, 0.3) is 0 Å². The molecule has 1 heterocycles. The van der Waals surface area contributed by atoms with E-state index in [1.54, 1.807) is 12.1 Å². The van der Waals surface area contributed by atoms with Gasteiger partial charge < -0.3 is 10.2 Å². The van der Waals surface area contributed by atoms with E-state index in [-0.39, 0.29) is 5.91 Å². The maximum Gasteiger partial charge on any atom is 0.238 e. The van der Waals surface area contributed by atoms with Gasteiger partial charge in [-0.1, -0.05) is 23.7 Å². The maximum absolute atomic E-state index is 12.7. The van der Waals surface area contributed by atoms with Crippen LogP contribution in [0.25, 0.3) is 0 Å². The first-order valence-corrected chi connectivity index (χ1v) is 10.5. The third kappa shape index (κ3) is 5.02. The molecule has 1 N–H and O–H groups in total. The van der Waals surface area contributed by atoms with Crippen molar-refractivity contribution in [3.63, 3.8) is 0 Å². The van der Waals surface area contributed by atoms with Crippen LogP contribution in [0.1, 0.15) is 32.1 Å². The summed E-state index contributed by atoms with van der Waals surface area (Å²) in [6.45, 7) is 3.28. The van der Waals surface area contributed by atoms with Gasteiger partial charge in [-0.2, -0.15) is 0 Å². The summed E-state index contributed by atoms with van der Waals surface area (Å²) >= 11 is 6.09. The molecule has 0 radical (unpaired) electrons. The smallest absolute Gasteiger partial charge is 0.238 e. The minimum absolute atomic E-state index is 0.0644. The average Bonchev–Trinajstić information content (AvgIpc) is 3.56. The lowest BCUT2D eigenvalue weighted by molar-refractivity contribution is -0.134. The van der Waals surface area contributed by atoms with Gasteiger partial charge in [0.15, 0.2) is 0 Å². The Bertz CT molecular complexity index is 682. The zero-order valence-electron chi connectivity index (χ0n) is 15.7. The number of hydrogen-bond donors (Lipinski definition) is 1. The van der Waals surface area contributed by atoms with Gasteiger partial charge >= 0.3 is 0 Å². The van der Waals surface area contributed by atoms with Crippen LogP contribution < -0.4 is 5.32 Å². The number of carbonyl (C=O) groups is 2. The van der Waals surface area contributed by atoms with Gasteiger partial charge in [0.2, 0.25) is 11.8 Å². The average molecular weight is 390 g/mol. The monoisotopic (exact) mass is 389 g/mol. The highest BCUT2D eigenvalue weighted by Gasteiger charge is 2.42.